The third-order valence-corrected chi connectivity index (χ3v) is 3.42. The Kier molecular flexibility index (Phi) is 4.27. The van der Waals surface area contributed by atoms with Gasteiger partial charge in [-0.15, -0.1) is 0 Å². The summed E-state index contributed by atoms with van der Waals surface area (Å²) < 4.78 is 5.14. The maximum absolute atomic E-state index is 12.0. The third kappa shape index (κ3) is 3.10. The average molecular weight is 277 g/mol. The first-order chi connectivity index (χ1) is 9.49. The first kappa shape index (κ1) is 14.4. The van der Waals surface area contributed by atoms with Crippen LogP contribution in [0.25, 0.3) is 0 Å². The number of esters is 1. The Morgan fingerprint density at radius 2 is 1.95 bits per heavy atom. The van der Waals surface area contributed by atoms with E-state index in [2.05, 4.69) is 0 Å². The number of phenolic OH excluding ortho intramolecular Hbond substituents is 1. The van der Waals surface area contributed by atoms with Gasteiger partial charge in [-0.05, 0) is 44.4 Å². The molecule has 1 aromatic rings. The zero-order valence-corrected chi connectivity index (χ0v) is 11.8. The van der Waals surface area contributed by atoms with Gasteiger partial charge in [0.2, 0.25) is 0 Å². The van der Waals surface area contributed by atoms with Crippen molar-refractivity contribution in [3.8, 4) is 5.75 Å². The lowest BCUT2D eigenvalue weighted by Crippen LogP contribution is -2.38. The monoisotopic (exact) mass is 277 g/mol. The fraction of sp³-hybridized carbons (Fsp3) is 0.467. The summed E-state index contributed by atoms with van der Waals surface area (Å²) in [4.78, 5) is 25.7. The molecule has 1 fully saturated rings. The van der Waals surface area contributed by atoms with Gasteiger partial charge in [-0.25, -0.2) is 4.79 Å². The lowest BCUT2D eigenvalue weighted by Gasteiger charge is -2.20. The summed E-state index contributed by atoms with van der Waals surface area (Å²) in [6.07, 6.45) is 1.15. The summed E-state index contributed by atoms with van der Waals surface area (Å²) in [5.41, 5.74) is 0.928. The van der Waals surface area contributed by atoms with Crippen LogP contribution in [0.2, 0.25) is 0 Å². The van der Waals surface area contributed by atoms with E-state index < -0.39 is 12.1 Å². The number of aromatic hydroxyl groups is 1. The number of rotatable bonds is 3. The molecule has 5 heteroatoms. The molecule has 0 aromatic heterocycles. The van der Waals surface area contributed by atoms with Crippen molar-refractivity contribution < 1.29 is 19.4 Å². The maximum atomic E-state index is 12.0. The second-order valence-corrected chi connectivity index (χ2v) is 5.10. The minimum Gasteiger partial charge on any atom is -0.507 e. The third-order valence-electron chi connectivity index (χ3n) is 3.42. The summed E-state index contributed by atoms with van der Waals surface area (Å²) in [6.45, 7) is 4.81. The van der Waals surface area contributed by atoms with Gasteiger partial charge in [-0.2, -0.15) is 0 Å². The molecular formula is C15H19NO4. The molecule has 1 atom stereocenters. The molecule has 1 N–H and O–H groups in total. The predicted octanol–water partition coefficient (Wildman–Crippen LogP) is 1.87. The van der Waals surface area contributed by atoms with E-state index in [1.54, 1.807) is 17.9 Å². The van der Waals surface area contributed by atoms with Crippen molar-refractivity contribution in [3.05, 3.63) is 29.3 Å². The fourth-order valence-corrected chi connectivity index (χ4v) is 2.28. The van der Waals surface area contributed by atoms with Crippen LogP contribution in [0, 0.1) is 6.92 Å². The Bertz CT molecular complexity index is 521. The Morgan fingerprint density at radius 3 is 2.55 bits per heavy atom. The van der Waals surface area contributed by atoms with Gasteiger partial charge in [0.15, 0.2) is 6.10 Å². The summed E-state index contributed by atoms with van der Waals surface area (Å²) in [6, 6.07) is 4.70. The Balaban J connectivity index is 2.01. The normalized spacial score (nSPS) is 16.0. The second kappa shape index (κ2) is 5.94. The van der Waals surface area contributed by atoms with Gasteiger partial charge in [0.25, 0.3) is 5.91 Å². The molecular weight excluding hydrogens is 258 g/mol. The standard InChI is InChI=1S/C15H19NO4/c1-10-5-6-12(13(17)9-10)15(19)20-11(2)14(18)16-7-3-4-8-16/h5-6,9,11,17H,3-4,7-8H2,1-2H3/t11-/m0/s1. The fourth-order valence-electron chi connectivity index (χ4n) is 2.28. The van der Waals surface area contributed by atoms with Gasteiger partial charge in [0.05, 0.1) is 0 Å². The van der Waals surface area contributed by atoms with Gasteiger partial charge < -0.3 is 14.7 Å². The molecule has 2 rings (SSSR count). The molecule has 5 nitrogen and oxygen atoms in total. The van der Waals surface area contributed by atoms with E-state index in [0.29, 0.717) is 0 Å². The van der Waals surface area contributed by atoms with E-state index in [4.69, 9.17) is 4.74 Å². The number of hydrogen-bond acceptors (Lipinski definition) is 4. The van der Waals surface area contributed by atoms with Crippen molar-refractivity contribution in [3.63, 3.8) is 0 Å². The van der Waals surface area contributed by atoms with Crippen LogP contribution in [0.1, 0.15) is 35.7 Å². The molecule has 1 heterocycles. The van der Waals surface area contributed by atoms with Crippen molar-refractivity contribution in [2.24, 2.45) is 0 Å². The van der Waals surface area contributed by atoms with E-state index in [1.807, 2.05) is 6.92 Å². The Morgan fingerprint density at radius 1 is 1.30 bits per heavy atom. The molecule has 1 amide bonds. The highest BCUT2D eigenvalue weighted by molar-refractivity contribution is 5.94. The Hall–Kier alpha value is -2.04. The highest BCUT2D eigenvalue weighted by Gasteiger charge is 2.26. The van der Waals surface area contributed by atoms with Crippen molar-refractivity contribution in [2.45, 2.75) is 32.8 Å². The van der Waals surface area contributed by atoms with Crippen LogP contribution >= 0.6 is 0 Å². The average Bonchev–Trinajstić information content (AvgIpc) is 2.91. The summed E-state index contributed by atoms with van der Waals surface area (Å²) in [7, 11) is 0. The van der Waals surface area contributed by atoms with Crippen LogP contribution in [0.4, 0.5) is 0 Å². The molecule has 0 aliphatic carbocycles. The molecule has 1 aliphatic rings. The summed E-state index contributed by atoms with van der Waals surface area (Å²) in [5.74, 6) is -0.985. The molecule has 108 valence electrons. The summed E-state index contributed by atoms with van der Waals surface area (Å²) in [5, 5.41) is 9.73. The van der Waals surface area contributed by atoms with E-state index in [1.165, 1.54) is 12.1 Å². The highest BCUT2D eigenvalue weighted by Crippen LogP contribution is 2.20. The topological polar surface area (TPSA) is 66.8 Å². The lowest BCUT2D eigenvalue weighted by atomic mass is 10.1. The van der Waals surface area contributed by atoms with Crippen molar-refractivity contribution >= 4 is 11.9 Å². The van der Waals surface area contributed by atoms with Crippen LogP contribution in [0.3, 0.4) is 0 Å². The van der Waals surface area contributed by atoms with Gasteiger partial charge in [-0.1, -0.05) is 6.07 Å². The molecule has 0 radical (unpaired) electrons. The number of benzene rings is 1. The number of amides is 1. The maximum Gasteiger partial charge on any atom is 0.342 e. The molecule has 0 bridgehead atoms. The second-order valence-electron chi connectivity index (χ2n) is 5.10. The number of nitrogens with zero attached hydrogens (tertiary/aromatic N) is 1. The Labute approximate surface area is 118 Å². The van der Waals surface area contributed by atoms with Crippen molar-refractivity contribution in [1.29, 1.82) is 0 Å². The number of carbonyl (C=O) groups is 2. The molecule has 0 saturated carbocycles. The highest BCUT2D eigenvalue weighted by atomic mass is 16.5. The quantitative estimate of drug-likeness (QED) is 0.856. The molecule has 0 spiro atoms. The van der Waals surface area contributed by atoms with E-state index >= 15 is 0 Å². The van der Waals surface area contributed by atoms with E-state index in [-0.39, 0.29) is 17.2 Å². The van der Waals surface area contributed by atoms with Crippen LogP contribution < -0.4 is 0 Å². The van der Waals surface area contributed by atoms with Gasteiger partial charge in [0, 0.05) is 13.1 Å². The minimum atomic E-state index is -0.832. The van der Waals surface area contributed by atoms with Gasteiger partial charge in [-0.3, -0.25) is 4.79 Å². The zero-order chi connectivity index (χ0) is 14.7. The first-order valence-electron chi connectivity index (χ1n) is 6.78. The number of likely N-dealkylation sites (tertiary alicyclic amines) is 1. The smallest absolute Gasteiger partial charge is 0.342 e. The minimum absolute atomic E-state index is 0.0803. The number of hydrogen-bond donors (Lipinski definition) is 1. The number of phenols is 1. The number of carbonyl (C=O) groups excluding carboxylic acids is 2. The molecule has 1 aliphatic heterocycles. The van der Waals surface area contributed by atoms with E-state index in [0.717, 1.165) is 31.5 Å². The lowest BCUT2D eigenvalue weighted by molar-refractivity contribution is -0.138. The summed E-state index contributed by atoms with van der Waals surface area (Å²) >= 11 is 0. The van der Waals surface area contributed by atoms with Crippen LogP contribution in [-0.2, 0) is 9.53 Å². The molecule has 1 aromatic carbocycles. The predicted molar refractivity (Wildman–Crippen MR) is 73.5 cm³/mol. The number of aryl methyl sites for hydroxylation is 1. The van der Waals surface area contributed by atoms with Crippen LogP contribution in [-0.4, -0.2) is 41.1 Å². The molecule has 0 unspecified atom stereocenters. The van der Waals surface area contributed by atoms with Crippen molar-refractivity contribution in [2.75, 3.05) is 13.1 Å². The SMILES string of the molecule is Cc1ccc(C(=O)O[C@@H](C)C(=O)N2CCCC2)c(O)c1. The molecule has 20 heavy (non-hydrogen) atoms. The largest absolute Gasteiger partial charge is 0.507 e. The first-order valence-corrected chi connectivity index (χ1v) is 6.78. The van der Waals surface area contributed by atoms with Crippen LogP contribution in [0.15, 0.2) is 18.2 Å². The van der Waals surface area contributed by atoms with Gasteiger partial charge >= 0.3 is 5.97 Å². The number of ether oxygens (including phenoxy) is 1. The van der Waals surface area contributed by atoms with Crippen molar-refractivity contribution in [1.82, 2.24) is 4.90 Å². The zero-order valence-electron chi connectivity index (χ0n) is 11.8. The van der Waals surface area contributed by atoms with Gasteiger partial charge in [0.1, 0.15) is 11.3 Å². The van der Waals surface area contributed by atoms with E-state index in [9.17, 15) is 14.7 Å². The molecule has 1 saturated heterocycles. The van der Waals surface area contributed by atoms with Crippen LogP contribution in [0.5, 0.6) is 5.75 Å².